The van der Waals surface area contributed by atoms with Gasteiger partial charge < -0.3 is 16.0 Å². The standard InChI is InChI=1S/C12H19N3OS/c1-8-4-6-17-11(8)10-7-15(12(16)14-10)5-3-9(2)13/h4,6,9-10H,3,5,7,13H2,1-2H3,(H,14,16). The molecule has 1 aliphatic rings. The van der Waals surface area contributed by atoms with E-state index in [1.54, 1.807) is 11.3 Å². The number of nitrogens with one attached hydrogen (secondary N) is 1. The summed E-state index contributed by atoms with van der Waals surface area (Å²) in [6.07, 6.45) is 0.851. The van der Waals surface area contributed by atoms with Crippen LogP contribution in [0.1, 0.15) is 29.8 Å². The highest BCUT2D eigenvalue weighted by Crippen LogP contribution is 2.27. The van der Waals surface area contributed by atoms with Crippen LogP contribution >= 0.6 is 11.3 Å². The minimum Gasteiger partial charge on any atom is -0.329 e. The van der Waals surface area contributed by atoms with Crippen molar-refractivity contribution in [3.8, 4) is 0 Å². The molecule has 1 saturated heterocycles. The smallest absolute Gasteiger partial charge is 0.318 e. The first-order valence-corrected chi connectivity index (χ1v) is 6.81. The van der Waals surface area contributed by atoms with Crippen molar-refractivity contribution in [2.45, 2.75) is 32.4 Å². The molecule has 4 nitrogen and oxygen atoms in total. The van der Waals surface area contributed by atoms with E-state index in [0.29, 0.717) is 0 Å². The molecule has 0 aliphatic carbocycles. The monoisotopic (exact) mass is 253 g/mol. The van der Waals surface area contributed by atoms with Crippen molar-refractivity contribution in [1.29, 1.82) is 0 Å². The first-order valence-electron chi connectivity index (χ1n) is 5.93. The predicted molar refractivity (Wildman–Crippen MR) is 70.2 cm³/mol. The predicted octanol–water partition coefficient (Wildman–Crippen LogP) is 1.86. The third-order valence-corrected chi connectivity index (χ3v) is 4.19. The van der Waals surface area contributed by atoms with Crippen molar-refractivity contribution < 1.29 is 4.79 Å². The van der Waals surface area contributed by atoms with Crippen LogP contribution in [0.15, 0.2) is 11.4 Å². The summed E-state index contributed by atoms with van der Waals surface area (Å²) >= 11 is 1.71. The van der Waals surface area contributed by atoms with E-state index in [-0.39, 0.29) is 18.1 Å². The Hall–Kier alpha value is -1.07. The highest BCUT2D eigenvalue weighted by molar-refractivity contribution is 7.10. The largest absolute Gasteiger partial charge is 0.329 e. The van der Waals surface area contributed by atoms with Gasteiger partial charge in [0.2, 0.25) is 0 Å². The molecule has 2 atom stereocenters. The third kappa shape index (κ3) is 2.79. The summed E-state index contributed by atoms with van der Waals surface area (Å²) in [6, 6.07) is 2.42. The van der Waals surface area contributed by atoms with Crippen molar-refractivity contribution in [1.82, 2.24) is 10.2 Å². The van der Waals surface area contributed by atoms with E-state index in [2.05, 4.69) is 23.7 Å². The lowest BCUT2D eigenvalue weighted by Gasteiger charge is -2.15. The van der Waals surface area contributed by atoms with Crippen molar-refractivity contribution in [2.75, 3.05) is 13.1 Å². The van der Waals surface area contributed by atoms with Crippen LogP contribution in [-0.4, -0.2) is 30.1 Å². The molecule has 0 bridgehead atoms. The fraction of sp³-hybridized carbons (Fsp3) is 0.583. The molecule has 1 aliphatic heterocycles. The molecule has 0 spiro atoms. The first kappa shape index (κ1) is 12.4. The lowest BCUT2D eigenvalue weighted by atomic mass is 10.2. The lowest BCUT2D eigenvalue weighted by Crippen LogP contribution is -2.32. The van der Waals surface area contributed by atoms with Gasteiger partial charge in [0.25, 0.3) is 0 Å². The maximum Gasteiger partial charge on any atom is 0.318 e. The highest BCUT2D eigenvalue weighted by Gasteiger charge is 2.30. The summed E-state index contributed by atoms with van der Waals surface area (Å²) in [7, 11) is 0. The molecule has 2 amide bonds. The van der Waals surface area contributed by atoms with E-state index >= 15 is 0 Å². The van der Waals surface area contributed by atoms with E-state index in [9.17, 15) is 4.79 Å². The van der Waals surface area contributed by atoms with E-state index in [4.69, 9.17) is 5.73 Å². The highest BCUT2D eigenvalue weighted by atomic mass is 32.1. The second-order valence-corrected chi connectivity index (χ2v) is 5.63. The molecule has 2 rings (SSSR count). The molecule has 1 aromatic rings. The normalized spacial score (nSPS) is 21.7. The molecule has 2 unspecified atom stereocenters. The summed E-state index contributed by atoms with van der Waals surface area (Å²) in [5.74, 6) is 0. The number of rotatable bonds is 4. The summed E-state index contributed by atoms with van der Waals surface area (Å²) < 4.78 is 0. The maximum atomic E-state index is 11.8. The molecular formula is C12H19N3OS. The summed E-state index contributed by atoms with van der Waals surface area (Å²) in [4.78, 5) is 14.9. The minimum absolute atomic E-state index is 0.0310. The molecule has 17 heavy (non-hydrogen) atoms. The number of carbonyl (C=O) groups is 1. The molecule has 0 saturated carbocycles. The number of nitrogens with zero attached hydrogens (tertiary/aromatic N) is 1. The van der Waals surface area contributed by atoms with E-state index in [0.717, 1.165) is 19.5 Å². The topological polar surface area (TPSA) is 58.4 Å². The maximum absolute atomic E-state index is 11.8. The van der Waals surface area contributed by atoms with Gasteiger partial charge in [-0.05, 0) is 37.3 Å². The Kier molecular flexibility index (Phi) is 3.69. The zero-order valence-electron chi connectivity index (χ0n) is 10.3. The molecule has 3 N–H and O–H groups in total. The zero-order chi connectivity index (χ0) is 12.4. The fourth-order valence-electron chi connectivity index (χ4n) is 2.03. The van der Waals surface area contributed by atoms with E-state index in [1.807, 2.05) is 11.8 Å². The number of hydrogen-bond acceptors (Lipinski definition) is 3. The van der Waals surface area contributed by atoms with Gasteiger partial charge in [0.05, 0.1) is 6.04 Å². The van der Waals surface area contributed by atoms with E-state index in [1.165, 1.54) is 10.4 Å². The zero-order valence-corrected chi connectivity index (χ0v) is 11.1. The Morgan fingerprint density at radius 1 is 1.71 bits per heavy atom. The number of thiophene rings is 1. The number of hydrogen-bond donors (Lipinski definition) is 2. The second-order valence-electron chi connectivity index (χ2n) is 4.68. The fourth-order valence-corrected chi connectivity index (χ4v) is 3.00. The Morgan fingerprint density at radius 3 is 3.06 bits per heavy atom. The Labute approximate surface area is 106 Å². The second kappa shape index (κ2) is 5.06. The Morgan fingerprint density at radius 2 is 2.47 bits per heavy atom. The summed E-state index contributed by atoms with van der Waals surface area (Å²) in [6.45, 7) is 5.55. The number of carbonyl (C=O) groups excluding carboxylic acids is 1. The number of amides is 2. The van der Waals surface area contributed by atoms with Crippen LogP contribution in [-0.2, 0) is 0 Å². The average Bonchev–Trinajstić information content (AvgIpc) is 2.82. The molecular weight excluding hydrogens is 234 g/mol. The van der Waals surface area contributed by atoms with Crippen LogP contribution in [0.2, 0.25) is 0 Å². The summed E-state index contributed by atoms with van der Waals surface area (Å²) in [5, 5.41) is 5.10. The van der Waals surface area contributed by atoms with Gasteiger partial charge in [-0.3, -0.25) is 0 Å². The lowest BCUT2D eigenvalue weighted by molar-refractivity contribution is 0.216. The average molecular weight is 253 g/mol. The molecule has 5 heteroatoms. The Bertz CT molecular complexity index is 402. The van der Waals surface area contributed by atoms with Crippen LogP contribution in [0.25, 0.3) is 0 Å². The van der Waals surface area contributed by atoms with Crippen LogP contribution in [0, 0.1) is 6.92 Å². The first-order chi connectivity index (χ1) is 8.08. The molecule has 0 aromatic carbocycles. The molecule has 94 valence electrons. The Balaban J connectivity index is 1.98. The van der Waals surface area contributed by atoms with Crippen LogP contribution in [0.3, 0.4) is 0 Å². The van der Waals surface area contributed by atoms with Gasteiger partial charge in [0.1, 0.15) is 0 Å². The molecule has 2 heterocycles. The van der Waals surface area contributed by atoms with Gasteiger partial charge in [-0.25, -0.2) is 4.79 Å². The van der Waals surface area contributed by atoms with Gasteiger partial charge >= 0.3 is 6.03 Å². The minimum atomic E-state index is 0.0310. The molecule has 0 radical (unpaired) electrons. The molecule has 1 aromatic heterocycles. The van der Waals surface area contributed by atoms with Gasteiger partial charge in [-0.1, -0.05) is 0 Å². The quantitative estimate of drug-likeness (QED) is 0.860. The van der Waals surface area contributed by atoms with Gasteiger partial charge in [0, 0.05) is 24.0 Å². The van der Waals surface area contributed by atoms with Crippen molar-refractivity contribution in [2.24, 2.45) is 5.73 Å². The molecule has 1 fully saturated rings. The van der Waals surface area contributed by atoms with Gasteiger partial charge in [-0.2, -0.15) is 0 Å². The van der Waals surface area contributed by atoms with Gasteiger partial charge in [0.15, 0.2) is 0 Å². The SMILES string of the molecule is Cc1ccsc1C1CN(CCC(C)N)C(=O)N1. The summed E-state index contributed by atoms with van der Waals surface area (Å²) in [5.41, 5.74) is 6.97. The van der Waals surface area contributed by atoms with Crippen molar-refractivity contribution >= 4 is 17.4 Å². The number of urea groups is 1. The van der Waals surface area contributed by atoms with E-state index < -0.39 is 0 Å². The van der Waals surface area contributed by atoms with Crippen LogP contribution in [0.5, 0.6) is 0 Å². The number of aryl methyl sites for hydroxylation is 1. The van der Waals surface area contributed by atoms with Crippen molar-refractivity contribution in [3.63, 3.8) is 0 Å². The van der Waals surface area contributed by atoms with Gasteiger partial charge in [-0.15, -0.1) is 11.3 Å². The van der Waals surface area contributed by atoms with Crippen LogP contribution < -0.4 is 11.1 Å². The van der Waals surface area contributed by atoms with Crippen molar-refractivity contribution in [3.05, 3.63) is 21.9 Å². The number of nitrogens with two attached hydrogens (primary N) is 1. The van der Waals surface area contributed by atoms with Crippen LogP contribution in [0.4, 0.5) is 4.79 Å². The third-order valence-electron chi connectivity index (χ3n) is 3.06.